The summed E-state index contributed by atoms with van der Waals surface area (Å²) in [6, 6.07) is 12.6. The number of carbonyl (C=O) groups excluding carboxylic acids is 1. The molecule has 2 heterocycles. The van der Waals surface area contributed by atoms with Crippen LogP contribution >= 0.6 is 0 Å². The maximum absolute atomic E-state index is 11.8. The molecule has 0 aliphatic carbocycles. The second-order valence-corrected chi connectivity index (χ2v) is 5.01. The fourth-order valence-corrected chi connectivity index (χ4v) is 2.31. The van der Waals surface area contributed by atoms with E-state index in [-0.39, 0.29) is 24.5 Å². The fourth-order valence-electron chi connectivity index (χ4n) is 2.31. The Morgan fingerprint density at radius 3 is 2.95 bits per heavy atom. The Labute approximate surface area is 127 Å². The summed E-state index contributed by atoms with van der Waals surface area (Å²) in [6.45, 7) is 0.203. The van der Waals surface area contributed by atoms with Crippen LogP contribution in [-0.2, 0) is 11.2 Å². The Balaban J connectivity index is 1.43. The predicted molar refractivity (Wildman–Crippen MR) is 78.5 cm³/mol. The number of hydrogen-bond donors (Lipinski definition) is 1. The van der Waals surface area contributed by atoms with Crippen molar-refractivity contribution in [1.29, 1.82) is 0 Å². The highest BCUT2D eigenvalue weighted by atomic mass is 16.6. The molecule has 1 aromatic carbocycles. The molecule has 22 heavy (non-hydrogen) atoms. The van der Waals surface area contributed by atoms with E-state index in [0.29, 0.717) is 11.3 Å². The third-order valence-corrected chi connectivity index (χ3v) is 3.38. The van der Waals surface area contributed by atoms with E-state index in [1.165, 1.54) is 12.3 Å². The molecule has 0 spiro atoms. The van der Waals surface area contributed by atoms with Crippen molar-refractivity contribution in [1.82, 2.24) is 5.32 Å². The molecule has 1 aromatic heterocycles. The average Bonchev–Trinajstić information content (AvgIpc) is 2.95. The molecular formula is C16H16N2O4. The highest BCUT2D eigenvalue weighted by Gasteiger charge is 2.22. The lowest BCUT2D eigenvalue weighted by Gasteiger charge is -2.12. The number of nitrogens with zero attached hydrogens (tertiary/aromatic N) is 1. The van der Waals surface area contributed by atoms with Gasteiger partial charge >= 0.3 is 5.88 Å². The van der Waals surface area contributed by atoms with E-state index in [4.69, 9.17) is 9.47 Å². The second-order valence-electron chi connectivity index (χ2n) is 5.01. The number of rotatable bonds is 5. The molecule has 6 heteroatoms. The fraction of sp³-hybridized carbons (Fsp3) is 0.250. The Bertz CT molecular complexity index is 650. The van der Waals surface area contributed by atoms with Crippen LogP contribution in [-0.4, -0.2) is 25.2 Å². The Morgan fingerprint density at radius 2 is 2.14 bits per heavy atom. The number of ether oxygens (including phenoxy) is 2. The average molecular weight is 300 g/mol. The van der Waals surface area contributed by atoms with Crippen LogP contribution in [0.25, 0.3) is 0 Å². The van der Waals surface area contributed by atoms with E-state index >= 15 is 0 Å². The van der Waals surface area contributed by atoms with Gasteiger partial charge in [-0.3, -0.25) is 4.79 Å². The molecule has 114 valence electrons. The highest BCUT2D eigenvalue weighted by Crippen LogP contribution is 2.27. The SMILES string of the molecule is O=C(COc1cccc[n+]1[O-])NC[C@H]1Cc2ccccc2O1. The Morgan fingerprint density at radius 1 is 1.32 bits per heavy atom. The number of benzene rings is 1. The van der Waals surface area contributed by atoms with Gasteiger partial charge in [0.2, 0.25) is 0 Å². The van der Waals surface area contributed by atoms with Crippen LogP contribution in [0.3, 0.4) is 0 Å². The monoisotopic (exact) mass is 300 g/mol. The lowest BCUT2D eigenvalue weighted by Crippen LogP contribution is -2.38. The van der Waals surface area contributed by atoms with Gasteiger partial charge in [0.05, 0.1) is 12.6 Å². The van der Waals surface area contributed by atoms with E-state index in [1.807, 2.05) is 24.3 Å². The number of para-hydroxylation sites is 1. The van der Waals surface area contributed by atoms with Gasteiger partial charge in [-0.25, -0.2) is 0 Å². The zero-order valence-electron chi connectivity index (χ0n) is 11.9. The van der Waals surface area contributed by atoms with Crippen molar-refractivity contribution in [3.8, 4) is 11.6 Å². The van der Waals surface area contributed by atoms with Gasteiger partial charge in [-0.2, -0.15) is 0 Å². The maximum atomic E-state index is 11.8. The first-order chi connectivity index (χ1) is 10.7. The molecule has 0 unspecified atom stereocenters. The van der Waals surface area contributed by atoms with Gasteiger partial charge in [0.1, 0.15) is 11.9 Å². The minimum atomic E-state index is -0.289. The first-order valence-electron chi connectivity index (χ1n) is 7.04. The quantitative estimate of drug-likeness (QED) is 0.655. The van der Waals surface area contributed by atoms with Crippen LogP contribution < -0.4 is 19.5 Å². The number of amides is 1. The van der Waals surface area contributed by atoms with Crippen molar-refractivity contribution in [2.75, 3.05) is 13.2 Å². The van der Waals surface area contributed by atoms with E-state index in [2.05, 4.69) is 5.32 Å². The third kappa shape index (κ3) is 3.28. The molecule has 0 radical (unpaired) electrons. The smallest absolute Gasteiger partial charge is 0.379 e. The molecule has 1 aliphatic heterocycles. The lowest BCUT2D eigenvalue weighted by molar-refractivity contribution is -0.612. The van der Waals surface area contributed by atoms with E-state index < -0.39 is 0 Å². The van der Waals surface area contributed by atoms with Crippen LogP contribution in [0.4, 0.5) is 0 Å². The van der Waals surface area contributed by atoms with Gasteiger partial charge in [0.25, 0.3) is 5.91 Å². The van der Waals surface area contributed by atoms with Crippen molar-refractivity contribution in [2.24, 2.45) is 0 Å². The van der Waals surface area contributed by atoms with Crippen LogP contribution in [0.15, 0.2) is 48.7 Å². The second kappa shape index (κ2) is 6.34. The van der Waals surface area contributed by atoms with E-state index in [1.54, 1.807) is 12.1 Å². The maximum Gasteiger partial charge on any atom is 0.379 e. The summed E-state index contributed by atoms with van der Waals surface area (Å²) in [7, 11) is 0. The minimum absolute atomic E-state index is 0.0671. The van der Waals surface area contributed by atoms with Crippen molar-refractivity contribution in [3.63, 3.8) is 0 Å². The highest BCUT2D eigenvalue weighted by molar-refractivity contribution is 5.77. The first-order valence-corrected chi connectivity index (χ1v) is 7.04. The van der Waals surface area contributed by atoms with Gasteiger partial charge in [0, 0.05) is 12.5 Å². The molecule has 0 bridgehead atoms. The molecule has 0 saturated carbocycles. The molecule has 1 amide bonds. The van der Waals surface area contributed by atoms with Gasteiger partial charge in [-0.05, 0) is 17.7 Å². The standard InChI is InChI=1S/C16H16N2O4/c19-15(11-21-16-7-3-4-8-18(16)20)17-10-13-9-12-5-1-2-6-14(12)22-13/h1-8,13H,9-11H2,(H,17,19)/t13-/m1/s1. The van der Waals surface area contributed by atoms with E-state index in [0.717, 1.165) is 17.7 Å². The van der Waals surface area contributed by atoms with E-state index in [9.17, 15) is 10.0 Å². The Kier molecular flexibility index (Phi) is 4.09. The molecule has 3 rings (SSSR count). The summed E-state index contributed by atoms with van der Waals surface area (Å²) < 4.78 is 11.5. The zero-order valence-corrected chi connectivity index (χ0v) is 11.9. The number of nitrogens with one attached hydrogen (secondary N) is 1. The van der Waals surface area contributed by atoms with Gasteiger partial charge in [-0.15, -0.1) is 4.73 Å². The molecule has 0 saturated heterocycles. The molecule has 1 atom stereocenters. The van der Waals surface area contributed by atoms with Crippen molar-refractivity contribution < 1.29 is 19.0 Å². The summed E-state index contributed by atoms with van der Waals surface area (Å²) >= 11 is 0. The lowest BCUT2D eigenvalue weighted by atomic mass is 10.1. The number of pyridine rings is 1. The van der Waals surface area contributed by atoms with Crippen molar-refractivity contribution >= 4 is 5.91 Å². The summed E-state index contributed by atoms with van der Waals surface area (Å²) in [6.07, 6.45) is 2.02. The minimum Gasteiger partial charge on any atom is -0.616 e. The van der Waals surface area contributed by atoms with Crippen LogP contribution in [0.1, 0.15) is 5.56 Å². The molecule has 0 fully saturated rings. The molecule has 6 nitrogen and oxygen atoms in total. The summed E-state index contributed by atoms with van der Waals surface area (Å²) in [5.41, 5.74) is 1.15. The molecular weight excluding hydrogens is 284 g/mol. The largest absolute Gasteiger partial charge is 0.616 e. The first kappa shape index (κ1) is 14.2. The number of aromatic nitrogens is 1. The molecule has 2 aromatic rings. The summed E-state index contributed by atoms with van der Waals surface area (Å²) in [4.78, 5) is 11.8. The Hall–Kier alpha value is -2.76. The number of carbonyl (C=O) groups is 1. The number of fused-ring (bicyclic) bond motifs is 1. The zero-order chi connectivity index (χ0) is 15.4. The summed E-state index contributed by atoms with van der Waals surface area (Å²) in [5, 5.41) is 14.1. The third-order valence-electron chi connectivity index (χ3n) is 3.38. The predicted octanol–water partition coefficient (Wildman–Crippen LogP) is 0.819. The van der Waals surface area contributed by atoms with Crippen molar-refractivity contribution in [2.45, 2.75) is 12.5 Å². The normalized spacial score (nSPS) is 15.7. The molecule has 1 aliphatic rings. The van der Waals surface area contributed by atoms with Gasteiger partial charge in [0.15, 0.2) is 12.8 Å². The van der Waals surface area contributed by atoms with Crippen LogP contribution in [0.2, 0.25) is 0 Å². The van der Waals surface area contributed by atoms with Gasteiger partial charge in [-0.1, -0.05) is 18.2 Å². The van der Waals surface area contributed by atoms with Gasteiger partial charge < -0.3 is 20.0 Å². The molecule has 1 N–H and O–H groups in total. The summed E-state index contributed by atoms with van der Waals surface area (Å²) in [5.74, 6) is 0.681. The number of hydrogen-bond acceptors (Lipinski definition) is 4. The topological polar surface area (TPSA) is 74.5 Å². The van der Waals surface area contributed by atoms with Crippen LogP contribution in [0, 0.1) is 5.21 Å². The van der Waals surface area contributed by atoms with Crippen LogP contribution in [0.5, 0.6) is 11.6 Å². The van der Waals surface area contributed by atoms with Crippen molar-refractivity contribution in [3.05, 3.63) is 59.4 Å².